The Hall–Kier alpha value is -2.34. The molecule has 6 nitrogen and oxygen atoms in total. The highest BCUT2D eigenvalue weighted by Crippen LogP contribution is 2.29. The molecule has 6 heteroatoms. The average molecular weight is 328 g/mol. The van der Waals surface area contributed by atoms with E-state index in [-0.39, 0.29) is 12.1 Å². The largest absolute Gasteiger partial charge is 0.377 e. The first-order valence-corrected chi connectivity index (χ1v) is 8.51. The molecular weight excluding hydrogens is 304 g/mol. The van der Waals surface area contributed by atoms with Gasteiger partial charge in [-0.1, -0.05) is 12.1 Å². The summed E-state index contributed by atoms with van der Waals surface area (Å²) in [4.78, 5) is 22.0. The van der Waals surface area contributed by atoms with Crippen LogP contribution in [0.5, 0.6) is 0 Å². The summed E-state index contributed by atoms with van der Waals surface area (Å²) in [5.41, 5.74) is 1.89. The average Bonchev–Trinajstić information content (AvgIpc) is 3.15. The Morgan fingerprint density at radius 1 is 1.38 bits per heavy atom. The zero-order chi connectivity index (χ0) is 16.8. The van der Waals surface area contributed by atoms with Crippen LogP contribution in [-0.2, 0) is 11.3 Å². The van der Waals surface area contributed by atoms with Crippen LogP contribution in [0.1, 0.15) is 43.6 Å². The van der Waals surface area contributed by atoms with Gasteiger partial charge < -0.3 is 19.9 Å². The summed E-state index contributed by atoms with van der Waals surface area (Å²) in [7, 11) is 0. The number of rotatable bonds is 5. The number of piperidine rings is 1. The number of aromatic nitrogens is 2. The number of carbonyl (C=O) groups is 1. The summed E-state index contributed by atoms with van der Waals surface area (Å²) in [6.07, 6.45) is 6.61. The predicted octanol–water partition coefficient (Wildman–Crippen LogP) is 3.71. The van der Waals surface area contributed by atoms with Crippen LogP contribution < -0.4 is 5.32 Å². The maximum atomic E-state index is 12.7. The third-order valence-electron chi connectivity index (χ3n) is 4.28. The van der Waals surface area contributed by atoms with Crippen LogP contribution in [-0.4, -0.2) is 34.1 Å². The number of imidazole rings is 1. The van der Waals surface area contributed by atoms with Gasteiger partial charge in [-0.15, -0.1) is 0 Å². The zero-order valence-corrected chi connectivity index (χ0v) is 14.0. The Bertz CT molecular complexity index is 640. The fraction of sp³-hybridized carbons (Fsp3) is 0.444. The molecule has 1 aromatic heterocycles. The number of ether oxygens (including phenoxy) is 1. The van der Waals surface area contributed by atoms with Gasteiger partial charge in [0.15, 0.2) is 0 Å². The normalized spacial score (nSPS) is 17.7. The summed E-state index contributed by atoms with van der Waals surface area (Å²) in [5, 5.41) is 2.99. The van der Waals surface area contributed by atoms with Crippen LogP contribution >= 0.6 is 0 Å². The Morgan fingerprint density at radius 2 is 2.21 bits per heavy atom. The van der Waals surface area contributed by atoms with Crippen molar-refractivity contribution in [3.8, 4) is 0 Å². The van der Waals surface area contributed by atoms with Crippen LogP contribution in [0.3, 0.4) is 0 Å². The van der Waals surface area contributed by atoms with Crippen molar-refractivity contribution in [1.29, 1.82) is 0 Å². The monoisotopic (exact) mass is 328 g/mol. The lowest BCUT2D eigenvalue weighted by Crippen LogP contribution is -2.41. The molecule has 2 amide bonds. The van der Waals surface area contributed by atoms with Crippen molar-refractivity contribution in [2.45, 2.75) is 38.8 Å². The summed E-state index contributed by atoms with van der Waals surface area (Å²) in [6.45, 7) is 4.02. The topological polar surface area (TPSA) is 70.2 Å². The van der Waals surface area contributed by atoms with Gasteiger partial charge in [0, 0.05) is 31.2 Å². The number of aromatic amines is 1. The van der Waals surface area contributed by atoms with E-state index in [0.717, 1.165) is 42.9 Å². The molecule has 0 aliphatic carbocycles. The number of nitrogens with zero attached hydrogens (tertiary/aromatic N) is 2. The highest BCUT2D eigenvalue weighted by molar-refractivity contribution is 5.89. The molecule has 0 radical (unpaired) electrons. The van der Waals surface area contributed by atoms with Crippen molar-refractivity contribution >= 4 is 11.7 Å². The van der Waals surface area contributed by atoms with E-state index < -0.39 is 0 Å². The summed E-state index contributed by atoms with van der Waals surface area (Å²) >= 11 is 0. The molecule has 1 aromatic carbocycles. The van der Waals surface area contributed by atoms with Gasteiger partial charge >= 0.3 is 6.03 Å². The third kappa shape index (κ3) is 3.94. The zero-order valence-electron chi connectivity index (χ0n) is 14.0. The lowest BCUT2D eigenvalue weighted by Gasteiger charge is -2.34. The molecule has 1 atom stereocenters. The molecule has 0 unspecified atom stereocenters. The van der Waals surface area contributed by atoms with Gasteiger partial charge in [0.2, 0.25) is 0 Å². The van der Waals surface area contributed by atoms with Crippen molar-refractivity contribution in [1.82, 2.24) is 14.9 Å². The minimum Gasteiger partial charge on any atom is -0.377 e. The molecule has 24 heavy (non-hydrogen) atoms. The van der Waals surface area contributed by atoms with Crippen molar-refractivity contribution in [3.05, 3.63) is 48.0 Å². The third-order valence-corrected chi connectivity index (χ3v) is 4.28. The number of amides is 2. The summed E-state index contributed by atoms with van der Waals surface area (Å²) in [5.74, 6) is 0.858. The molecule has 128 valence electrons. The SMILES string of the molecule is CCOCc1ccc(NC(=O)N2CCCC[C@@H]2c2ncc[nH]2)cc1. The van der Waals surface area contributed by atoms with E-state index in [1.54, 1.807) is 12.4 Å². The second kappa shape index (κ2) is 7.97. The van der Waals surface area contributed by atoms with E-state index in [9.17, 15) is 4.79 Å². The van der Waals surface area contributed by atoms with Crippen molar-refractivity contribution in [3.63, 3.8) is 0 Å². The Morgan fingerprint density at radius 3 is 2.92 bits per heavy atom. The number of hydrogen-bond donors (Lipinski definition) is 2. The fourth-order valence-electron chi connectivity index (χ4n) is 3.02. The first kappa shape index (κ1) is 16.5. The second-order valence-electron chi connectivity index (χ2n) is 5.94. The van der Waals surface area contributed by atoms with Crippen LogP contribution in [0.15, 0.2) is 36.7 Å². The molecule has 2 aromatic rings. The summed E-state index contributed by atoms with van der Waals surface area (Å²) in [6, 6.07) is 7.73. The number of likely N-dealkylation sites (tertiary alicyclic amines) is 1. The Kier molecular flexibility index (Phi) is 5.48. The van der Waals surface area contributed by atoms with E-state index in [4.69, 9.17) is 4.74 Å². The molecule has 0 saturated carbocycles. The standard InChI is InChI=1S/C18H24N4O2/c1-2-24-13-14-6-8-15(9-7-14)21-18(23)22-12-4-3-5-16(22)17-19-10-11-20-17/h6-11,16H,2-5,12-13H2,1H3,(H,19,20)(H,21,23)/t16-/m1/s1. The van der Waals surface area contributed by atoms with E-state index in [2.05, 4.69) is 15.3 Å². The van der Waals surface area contributed by atoms with Gasteiger partial charge in [-0.2, -0.15) is 0 Å². The highest BCUT2D eigenvalue weighted by atomic mass is 16.5. The predicted molar refractivity (Wildman–Crippen MR) is 92.7 cm³/mol. The first-order valence-electron chi connectivity index (χ1n) is 8.51. The van der Waals surface area contributed by atoms with E-state index in [0.29, 0.717) is 13.2 Å². The number of hydrogen-bond acceptors (Lipinski definition) is 3. The van der Waals surface area contributed by atoms with Gasteiger partial charge in [0.1, 0.15) is 5.82 Å². The van der Waals surface area contributed by atoms with Crippen molar-refractivity contribution < 1.29 is 9.53 Å². The fourth-order valence-corrected chi connectivity index (χ4v) is 3.02. The van der Waals surface area contributed by atoms with Crippen LogP contribution in [0, 0.1) is 0 Å². The minimum absolute atomic E-state index is 0.0194. The number of carbonyl (C=O) groups excluding carboxylic acids is 1. The molecule has 0 spiro atoms. The van der Waals surface area contributed by atoms with Gasteiger partial charge in [-0.25, -0.2) is 9.78 Å². The molecule has 2 N–H and O–H groups in total. The lowest BCUT2D eigenvalue weighted by atomic mass is 10.0. The van der Waals surface area contributed by atoms with E-state index in [1.165, 1.54) is 0 Å². The molecule has 0 bridgehead atoms. The molecule has 1 saturated heterocycles. The van der Waals surface area contributed by atoms with E-state index >= 15 is 0 Å². The lowest BCUT2D eigenvalue weighted by molar-refractivity contribution is 0.134. The quantitative estimate of drug-likeness (QED) is 0.879. The molecular formula is C18H24N4O2. The molecule has 1 aliphatic heterocycles. The maximum Gasteiger partial charge on any atom is 0.322 e. The molecule has 2 heterocycles. The Balaban J connectivity index is 1.64. The van der Waals surface area contributed by atoms with Gasteiger partial charge in [-0.3, -0.25) is 0 Å². The number of benzene rings is 1. The van der Waals surface area contributed by atoms with Crippen LogP contribution in [0.2, 0.25) is 0 Å². The molecule has 1 fully saturated rings. The van der Waals surface area contributed by atoms with Gasteiger partial charge in [0.05, 0.1) is 12.6 Å². The smallest absolute Gasteiger partial charge is 0.322 e. The van der Waals surface area contributed by atoms with Crippen molar-refractivity contribution in [2.24, 2.45) is 0 Å². The number of urea groups is 1. The number of nitrogens with one attached hydrogen (secondary N) is 2. The summed E-state index contributed by atoms with van der Waals surface area (Å²) < 4.78 is 5.39. The minimum atomic E-state index is -0.0753. The van der Waals surface area contributed by atoms with Crippen LogP contribution in [0.4, 0.5) is 10.5 Å². The van der Waals surface area contributed by atoms with Gasteiger partial charge in [0.25, 0.3) is 0 Å². The van der Waals surface area contributed by atoms with Crippen molar-refractivity contribution in [2.75, 3.05) is 18.5 Å². The first-order chi connectivity index (χ1) is 11.8. The highest BCUT2D eigenvalue weighted by Gasteiger charge is 2.29. The number of H-pyrrole nitrogens is 1. The molecule has 1 aliphatic rings. The van der Waals surface area contributed by atoms with E-state index in [1.807, 2.05) is 36.1 Å². The number of anilines is 1. The van der Waals surface area contributed by atoms with Crippen LogP contribution in [0.25, 0.3) is 0 Å². The Labute approximate surface area is 142 Å². The second-order valence-corrected chi connectivity index (χ2v) is 5.94. The van der Waals surface area contributed by atoms with Gasteiger partial charge in [-0.05, 0) is 43.9 Å². The maximum absolute atomic E-state index is 12.7. The molecule has 3 rings (SSSR count).